The lowest BCUT2D eigenvalue weighted by Gasteiger charge is -2.12. The summed E-state index contributed by atoms with van der Waals surface area (Å²) in [5, 5.41) is 14.3. The van der Waals surface area contributed by atoms with Crippen LogP contribution in [0, 0.1) is 0 Å². The summed E-state index contributed by atoms with van der Waals surface area (Å²) in [6.07, 6.45) is 0. The summed E-state index contributed by atoms with van der Waals surface area (Å²) in [5.41, 5.74) is 21.2. The Morgan fingerprint density at radius 3 is 0.942 bits per heavy atom. The molecule has 0 fully saturated rings. The van der Waals surface area contributed by atoms with Crippen LogP contribution in [0.2, 0.25) is 0 Å². The Labute approximate surface area is 599 Å². The van der Waals surface area contributed by atoms with Gasteiger partial charge in [0.25, 0.3) is 0 Å². The first-order valence-electron chi connectivity index (χ1n) is 34.9. The van der Waals surface area contributed by atoms with E-state index in [1.165, 1.54) is 54.2 Å². The fourth-order valence-corrected chi connectivity index (χ4v) is 14.4. The summed E-state index contributed by atoms with van der Waals surface area (Å²) in [6.45, 7) is 0. The van der Waals surface area contributed by atoms with Crippen molar-refractivity contribution < 1.29 is 0 Å². The molecule has 0 radical (unpaired) electrons. The SMILES string of the molecule is c1ccc(-c2cc(-c3ccccc3)nc(-c3ccc4ccc(-c5ccc6ccc(-c7cc8ccccc8c8ccccc78)cc6n5)cc4n3)n2)cc1.c1ccc(-c2cc(-c3ccccc3)nc(-c3ccc4ccc(-c5ccc6ccc(-c7cccc8ccc9ccccc9c78)cc6n5)cc4n3)n2)cc1. The van der Waals surface area contributed by atoms with Crippen molar-refractivity contribution in [2.75, 3.05) is 0 Å². The van der Waals surface area contributed by atoms with Gasteiger partial charge in [0.2, 0.25) is 0 Å². The van der Waals surface area contributed by atoms with Crippen molar-refractivity contribution in [1.29, 1.82) is 0 Å². The highest BCUT2D eigenvalue weighted by Crippen LogP contribution is 2.40. The van der Waals surface area contributed by atoms with Crippen LogP contribution in [0.5, 0.6) is 0 Å². The number of pyridine rings is 4. The predicted octanol–water partition coefficient (Wildman–Crippen LogP) is 24.4. The van der Waals surface area contributed by atoms with E-state index in [0.29, 0.717) is 11.6 Å². The van der Waals surface area contributed by atoms with Gasteiger partial charge in [-0.25, -0.2) is 39.9 Å². The number of fused-ring (bicyclic) bond motifs is 10. The van der Waals surface area contributed by atoms with Crippen molar-refractivity contribution in [3.8, 4) is 113 Å². The molecule has 8 nitrogen and oxygen atoms in total. The molecule has 20 rings (SSSR count). The molecule has 0 saturated carbocycles. The van der Waals surface area contributed by atoms with Crippen LogP contribution in [-0.2, 0) is 0 Å². The van der Waals surface area contributed by atoms with Crippen LogP contribution >= 0.6 is 0 Å². The largest absolute Gasteiger partial charge is 0.248 e. The number of hydrogen-bond donors (Lipinski definition) is 0. The summed E-state index contributed by atoms with van der Waals surface area (Å²) in [6, 6.07) is 127. The summed E-state index contributed by atoms with van der Waals surface area (Å²) in [7, 11) is 0. The molecule has 0 amide bonds. The average Bonchev–Trinajstić information content (AvgIpc) is 0.763. The number of rotatable bonds is 10. The maximum absolute atomic E-state index is 5.20. The van der Waals surface area contributed by atoms with Crippen LogP contribution in [0.15, 0.2) is 364 Å². The molecule has 484 valence electrons. The third-order valence-electron chi connectivity index (χ3n) is 19.7. The monoisotopic (exact) mass is 1320 g/mol. The van der Waals surface area contributed by atoms with Crippen LogP contribution < -0.4 is 0 Å². The molecule has 0 aliphatic rings. The lowest BCUT2D eigenvalue weighted by atomic mass is 9.93. The van der Waals surface area contributed by atoms with Crippen molar-refractivity contribution >= 4 is 86.7 Å². The van der Waals surface area contributed by atoms with Gasteiger partial charge in [0.1, 0.15) is 11.4 Å². The van der Waals surface area contributed by atoms with Crippen LogP contribution in [0.1, 0.15) is 0 Å². The quantitative estimate of drug-likeness (QED) is 0.125. The molecule has 0 N–H and O–H groups in total. The number of aromatic nitrogens is 8. The minimum Gasteiger partial charge on any atom is -0.248 e. The number of hydrogen-bond acceptors (Lipinski definition) is 8. The van der Waals surface area contributed by atoms with Crippen LogP contribution in [0.3, 0.4) is 0 Å². The molecule has 8 heteroatoms. The Bertz CT molecular complexity index is 6310. The highest BCUT2D eigenvalue weighted by atomic mass is 14.9. The highest BCUT2D eigenvalue weighted by molar-refractivity contribution is 6.16. The third-order valence-corrected chi connectivity index (χ3v) is 19.7. The molecule has 0 aliphatic heterocycles. The zero-order chi connectivity index (χ0) is 68.9. The van der Waals surface area contributed by atoms with E-state index in [1.54, 1.807) is 0 Å². The van der Waals surface area contributed by atoms with Gasteiger partial charge in [-0.05, 0) is 132 Å². The Morgan fingerprint density at radius 1 is 0.144 bits per heavy atom. The molecule has 0 spiro atoms. The molecule has 0 atom stereocenters. The van der Waals surface area contributed by atoms with Gasteiger partial charge < -0.3 is 0 Å². The molecule has 0 aliphatic carbocycles. The van der Waals surface area contributed by atoms with Crippen molar-refractivity contribution in [3.05, 3.63) is 364 Å². The van der Waals surface area contributed by atoms with Gasteiger partial charge in [-0.3, -0.25) is 0 Å². The van der Waals surface area contributed by atoms with E-state index in [1.807, 2.05) is 97.1 Å². The normalized spacial score (nSPS) is 11.5. The fraction of sp³-hybridized carbons (Fsp3) is 0. The molecule has 0 saturated heterocycles. The van der Waals surface area contributed by atoms with Gasteiger partial charge in [0, 0.05) is 54.9 Å². The van der Waals surface area contributed by atoms with E-state index in [-0.39, 0.29) is 0 Å². The van der Waals surface area contributed by atoms with Crippen LogP contribution in [0.4, 0.5) is 0 Å². The molecular weight excluding hydrogens is 1270 g/mol. The molecule has 6 heterocycles. The summed E-state index contributed by atoms with van der Waals surface area (Å²) in [5.74, 6) is 1.18. The van der Waals surface area contributed by atoms with Gasteiger partial charge >= 0.3 is 0 Å². The molecule has 0 bridgehead atoms. The second kappa shape index (κ2) is 26.2. The highest BCUT2D eigenvalue weighted by Gasteiger charge is 2.18. The number of nitrogens with zero attached hydrogens (tertiary/aromatic N) is 8. The van der Waals surface area contributed by atoms with Crippen molar-refractivity contribution in [3.63, 3.8) is 0 Å². The topological polar surface area (TPSA) is 103 Å². The molecular formula is C96H60N8. The van der Waals surface area contributed by atoms with E-state index in [9.17, 15) is 0 Å². The maximum atomic E-state index is 5.20. The van der Waals surface area contributed by atoms with Gasteiger partial charge in [-0.2, -0.15) is 0 Å². The van der Waals surface area contributed by atoms with Crippen molar-refractivity contribution in [1.82, 2.24) is 39.9 Å². The zero-order valence-corrected chi connectivity index (χ0v) is 56.2. The van der Waals surface area contributed by atoms with E-state index in [0.717, 1.165) is 134 Å². The first-order chi connectivity index (χ1) is 51.5. The zero-order valence-electron chi connectivity index (χ0n) is 56.2. The standard InChI is InChI=1S/2C48H30N4/c1-3-11-31(12-4-1)46-30-47(32-13-5-2-6-14-32)52-48(51-46)43-26-24-34-20-22-37(29-45(34)50-43)42-25-23-33-19-21-36(28-44(33)49-42)41-27-35-15-7-8-16-38(35)39-17-9-10-18-40(39)41;1-3-11-32(12-4-1)45-30-46(33-13-5-2-6-14-33)52-48(51-45)42-27-25-35-20-23-38(29-44(35)50-42)41-26-24-34-19-22-37(28-43(34)49-41)40-17-9-15-36-21-18-31-10-7-8-16-39(31)47(36)40/h2*1-30H. The van der Waals surface area contributed by atoms with E-state index < -0.39 is 0 Å². The van der Waals surface area contributed by atoms with Crippen molar-refractivity contribution in [2.24, 2.45) is 0 Å². The summed E-state index contributed by atoms with van der Waals surface area (Å²) < 4.78 is 0. The van der Waals surface area contributed by atoms with Gasteiger partial charge in [0.15, 0.2) is 11.6 Å². The smallest absolute Gasteiger partial charge is 0.179 e. The molecule has 20 aromatic rings. The lowest BCUT2D eigenvalue weighted by Crippen LogP contribution is -1.97. The summed E-state index contributed by atoms with van der Waals surface area (Å²) >= 11 is 0. The lowest BCUT2D eigenvalue weighted by molar-refractivity contribution is 1.16. The van der Waals surface area contributed by atoms with Gasteiger partial charge in [-0.1, -0.05) is 297 Å². The van der Waals surface area contributed by atoms with Crippen molar-refractivity contribution in [2.45, 2.75) is 0 Å². The van der Waals surface area contributed by atoms with E-state index >= 15 is 0 Å². The second-order valence-corrected chi connectivity index (χ2v) is 26.2. The Kier molecular flexibility index (Phi) is 15.4. The van der Waals surface area contributed by atoms with Gasteiger partial charge in [0.05, 0.1) is 56.2 Å². The maximum Gasteiger partial charge on any atom is 0.179 e. The van der Waals surface area contributed by atoms with Crippen LogP contribution in [-0.4, -0.2) is 39.9 Å². The fourth-order valence-electron chi connectivity index (χ4n) is 14.4. The molecule has 104 heavy (non-hydrogen) atoms. The first-order valence-corrected chi connectivity index (χ1v) is 34.9. The third kappa shape index (κ3) is 11.7. The Hall–Kier alpha value is -14.1. The Morgan fingerprint density at radius 2 is 0.471 bits per heavy atom. The second-order valence-electron chi connectivity index (χ2n) is 26.2. The molecule has 14 aromatic carbocycles. The molecule has 0 unspecified atom stereocenters. The summed E-state index contributed by atoms with van der Waals surface area (Å²) in [4.78, 5) is 40.7. The molecule has 6 aromatic heterocycles. The minimum absolute atomic E-state index is 0.588. The van der Waals surface area contributed by atoms with E-state index in [2.05, 4.69) is 267 Å². The van der Waals surface area contributed by atoms with Crippen LogP contribution in [0.25, 0.3) is 200 Å². The van der Waals surface area contributed by atoms with Gasteiger partial charge in [-0.15, -0.1) is 0 Å². The Balaban J connectivity index is 0.000000143. The van der Waals surface area contributed by atoms with E-state index in [4.69, 9.17) is 39.9 Å². The first kappa shape index (κ1) is 61.0. The predicted molar refractivity (Wildman–Crippen MR) is 430 cm³/mol. The number of benzene rings is 14. The average molecular weight is 1330 g/mol. The minimum atomic E-state index is 0.588.